The van der Waals surface area contributed by atoms with E-state index in [0.717, 1.165) is 6.20 Å². The maximum atomic E-state index is 14.1. The SMILES string of the molecule is O=c1nc(NO)c(Cl)cn1C1OC(CO[P+](O)(O)O)C(O)C1F. The first kappa shape index (κ1) is 18.4. The number of alkyl halides is 1. The average molecular weight is 377 g/mol. The van der Waals surface area contributed by atoms with Crippen LogP contribution in [0.3, 0.4) is 0 Å². The van der Waals surface area contributed by atoms with Crippen LogP contribution in [0, 0.1) is 0 Å². The number of halogens is 2. The standard InChI is InChI=1S/C9H12ClFN3O8P/c10-3-1-14(9(16)12-7(3)13-17)8-5(11)6(15)4(22-8)2-21-23(18,19)20/h1,4-6,8,15,18-20H,2H2,(H-,12,13,16,17)/p+1. The Hall–Kier alpha value is -0.950. The summed E-state index contributed by atoms with van der Waals surface area (Å²) in [7, 11) is -4.59. The average Bonchev–Trinajstić information content (AvgIpc) is 2.74. The number of nitrogens with zero attached hydrogens (tertiary/aromatic N) is 2. The fourth-order valence-electron chi connectivity index (χ4n) is 1.94. The van der Waals surface area contributed by atoms with Crippen LogP contribution in [0.25, 0.3) is 0 Å². The van der Waals surface area contributed by atoms with Crippen molar-refractivity contribution in [2.45, 2.75) is 24.6 Å². The molecular formula is C9H13ClFN3O8P+. The molecule has 23 heavy (non-hydrogen) atoms. The van der Waals surface area contributed by atoms with Gasteiger partial charge in [0.15, 0.2) is 18.2 Å². The molecule has 4 atom stereocenters. The van der Waals surface area contributed by atoms with Gasteiger partial charge in [0, 0.05) is 6.20 Å². The van der Waals surface area contributed by atoms with Crippen molar-refractivity contribution in [3.63, 3.8) is 0 Å². The maximum Gasteiger partial charge on any atom is 0.567 e. The maximum absolute atomic E-state index is 14.1. The van der Waals surface area contributed by atoms with Gasteiger partial charge in [0.1, 0.15) is 23.8 Å². The minimum Gasteiger partial charge on any atom is -0.387 e. The van der Waals surface area contributed by atoms with Gasteiger partial charge in [0.05, 0.1) is 0 Å². The Bertz CT molecular complexity index is 628. The smallest absolute Gasteiger partial charge is 0.387 e. The van der Waals surface area contributed by atoms with Crippen molar-refractivity contribution >= 4 is 25.6 Å². The Labute approximate surface area is 133 Å². The molecule has 130 valence electrons. The zero-order valence-corrected chi connectivity index (χ0v) is 12.8. The number of aliphatic hydroxyl groups is 1. The number of aromatic nitrogens is 2. The van der Waals surface area contributed by atoms with Crippen molar-refractivity contribution in [2.24, 2.45) is 0 Å². The fraction of sp³-hybridized carbons (Fsp3) is 0.556. The van der Waals surface area contributed by atoms with Gasteiger partial charge in [-0.3, -0.25) is 15.3 Å². The van der Waals surface area contributed by atoms with Crippen molar-refractivity contribution < 1.29 is 38.6 Å². The lowest BCUT2D eigenvalue weighted by atomic mass is 10.1. The predicted octanol–water partition coefficient (Wildman–Crippen LogP) is -1.03. The molecule has 0 saturated carbocycles. The Morgan fingerprint density at radius 2 is 2.17 bits per heavy atom. The van der Waals surface area contributed by atoms with Crippen molar-refractivity contribution in [1.82, 2.24) is 9.55 Å². The highest BCUT2D eigenvalue weighted by atomic mass is 35.5. The van der Waals surface area contributed by atoms with Crippen molar-refractivity contribution in [3.05, 3.63) is 21.7 Å². The molecule has 0 spiro atoms. The van der Waals surface area contributed by atoms with Crippen molar-refractivity contribution in [3.8, 4) is 0 Å². The Kier molecular flexibility index (Phi) is 5.51. The molecule has 1 saturated heterocycles. The highest BCUT2D eigenvalue weighted by molar-refractivity contribution is 7.53. The molecule has 1 aromatic rings. The van der Waals surface area contributed by atoms with Crippen LogP contribution in [0.15, 0.2) is 11.0 Å². The molecule has 6 N–H and O–H groups in total. The van der Waals surface area contributed by atoms with Crippen LogP contribution in [-0.4, -0.2) is 59.5 Å². The minimum atomic E-state index is -4.59. The van der Waals surface area contributed by atoms with E-state index in [-0.39, 0.29) is 10.8 Å². The van der Waals surface area contributed by atoms with Crippen LogP contribution < -0.4 is 11.2 Å². The third-order valence-electron chi connectivity index (χ3n) is 2.99. The molecule has 14 heteroatoms. The van der Waals surface area contributed by atoms with Gasteiger partial charge in [-0.1, -0.05) is 11.6 Å². The number of anilines is 1. The summed E-state index contributed by atoms with van der Waals surface area (Å²) < 4.78 is 24.1. The molecule has 1 fully saturated rings. The first-order valence-corrected chi connectivity index (χ1v) is 7.96. The second kappa shape index (κ2) is 6.89. The van der Waals surface area contributed by atoms with Crippen molar-refractivity contribution in [1.29, 1.82) is 0 Å². The predicted molar refractivity (Wildman–Crippen MR) is 73.3 cm³/mol. The zero-order chi connectivity index (χ0) is 17.4. The summed E-state index contributed by atoms with van der Waals surface area (Å²) >= 11 is 5.72. The lowest BCUT2D eigenvalue weighted by molar-refractivity contribution is -0.0505. The molecule has 11 nitrogen and oxygen atoms in total. The van der Waals surface area contributed by atoms with Gasteiger partial charge < -0.3 is 9.84 Å². The van der Waals surface area contributed by atoms with E-state index in [2.05, 4.69) is 9.51 Å². The topological polar surface area (TPSA) is 167 Å². The third kappa shape index (κ3) is 4.12. The Morgan fingerprint density at radius 1 is 1.52 bits per heavy atom. The highest BCUT2D eigenvalue weighted by Gasteiger charge is 2.48. The summed E-state index contributed by atoms with van der Waals surface area (Å²) in [5.74, 6) is -0.350. The van der Waals surface area contributed by atoms with Gasteiger partial charge in [-0.2, -0.15) is 24.2 Å². The molecule has 1 aliphatic heterocycles. The number of rotatable bonds is 5. The van der Waals surface area contributed by atoms with Gasteiger partial charge >= 0.3 is 13.9 Å². The molecular weight excluding hydrogens is 364 g/mol. The summed E-state index contributed by atoms with van der Waals surface area (Å²) in [5.41, 5.74) is 0.552. The molecule has 1 aromatic heterocycles. The van der Waals surface area contributed by atoms with E-state index in [1.807, 2.05) is 0 Å². The second-order valence-corrected chi connectivity index (χ2v) is 6.24. The largest absolute Gasteiger partial charge is 0.567 e. The Balaban J connectivity index is 2.21. The van der Waals surface area contributed by atoms with Gasteiger partial charge in [0.2, 0.25) is 0 Å². The van der Waals surface area contributed by atoms with Crippen molar-refractivity contribution in [2.75, 3.05) is 12.1 Å². The number of hydrogen-bond acceptors (Lipinski definition) is 10. The van der Waals surface area contributed by atoms with Crippen LogP contribution in [0.2, 0.25) is 5.02 Å². The van der Waals surface area contributed by atoms with Crippen LogP contribution in [-0.2, 0) is 9.26 Å². The van der Waals surface area contributed by atoms with Gasteiger partial charge in [0.25, 0.3) is 0 Å². The van der Waals surface area contributed by atoms with E-state index in [1.165, 1.54) is 0 Å². The summed E-state index contributed by atoms with van der Waals surface area (Å²) in [6, 6.07) is 0. The quantitative estimate of drug-likeness (QED) is 0.276. The normalized spacial score (nSPS) is 28.1. The van der Waals surface area contributed by atoms with Gasteiger partial charge in [-0.25, -0.2) is 9.18 Å². The molecule has 0 aliphatic carbocycles. The highest BCUT2D eigenvalue weighted by Crippen LogP contribution is 2.46. The lowest BCUT2D eigenvalue weighted by Crippen LogP contribution is -2.33. The monoisotopic (exact) mass is 376 g/mol. The van der Waals surface area contributed by atoms with E-state index in [1.54, 1.807) is 5.48 Å². The first-order valence-electron chi connectivity index (χ1n) is 6.02. The zero-order valence-electron chi connectivity index (χ0n) is 11.2. The summed E-state index contributed by atoms with van der Waals surface area (Å²) in [6.45, 7) is -0.735. The van der Waals surface area contributed by atoms with Crippen LogP contribution in [0.4, 0.5) is 10.2 Å². The molecule has 0 bridgehead atoms. The second-order valence-electron chi connectivity index (χ2n) is 4.55. The number of ether oxygens (including phenoxy) is 1. The first-order chi connectivity index (χ1) is 10.6. The van der Waals surface area contributed by atoms with Gasteiger partial charge in [-0.15, -0.1) is 0 Å². The summed E-state index contributed by atoms with van der Waals surface area (Å²) in [6.07, 6.45) is -5.93. The fourth-order valence-corrected chi connectivity index (χ4v) is 2.48. The molecule has 2 heterocycles. The van der Waals surface area contributed by atoms with E-state index in [4.69, 9.17) is 36.2 Å². The third-order valence-corrected chi connectivity index (χ3v) is 3.76. The molecule has 0 radical (unpaired) electrons. The molecule has 2 rings (SSSR count). The molecule has 0 amide bonds. The number of nitrogens with one attached hydrogen (secondary N) is 1. The van der Waals surface area contributed by atoms with Crippen LogP contribution in [0.5, 0.6) is 0 Å². The summed E-state index contributed by atoms with van der Waals surface area (Å²) in [5, 5.41) is 18.2. The lowest BCUT2D eigenvalue weighted by Gasteiger charge is -2.16. The van der Waals surface area contributed by atoms with Crippen LogP contribution in [0.1, 0.15) is 6.23 Å². The Morgan fingerprint density at radius 3 is 2.74 bits per heavy atom. The van der Waals surface area contributed by atoms with E-state index < -0.39 is 45.1 Å². The van der Waals surface area contributed by atoms with E-state index in [0.29, 0.717) is 4.57 Å². The summed E-state index contributed by atoms with van der Waals surface area (Å²) in [4.78, 5) is 41.2. The van der Waals surface area contributed by atoms with Crippen LogP contribution >= 0.6 is 19.8 Å². The molecule has 1 aliphatic rings. The minimum absolute atomic E-state index is 0.219. The van der Waals surface area contributed by atoms with E-state index >= 15 is 0 Å². The number of aliphatic hydroxyl groups excluding tert-OH is 1. The molecule has 4 unspecified atom stereocenters. The molecule has 0 aromatic carbocycles. The number of hydrogen-bond donors (Lipinski definition) is 6. The van der Waals surface area contributed by atoms with Gasteiger partial charge in [-0.05, 0) is 0 Å². The van der Waals surface area contributed by atoms with E-state index in [9.17, 15) is 14.3 Å².